The van der Waals surface area contributed by atoms with Crippen molar-refractivity contribution in [1.82, 2.24) is 0 Å². The molecule has 0 bridgehead atoms. The van der Waals surface area contributed by atoms with Crippen LogP contribution in [0.4, 0.5) is 0 Å². The van der Waals surface area contributed by atoms with Crippen molar-refractivity contribution in [1.29, 1.82) is 0 Å². The summed E-state index contributed by atoms with van der Waals surface area (Å²) in [6, 6.07) is 9.56. The van der Waals surface area contributed by atoms with E-state index in [0.717, 1.165) is 0 Å². The maximum Gasteiger partial charge on any atom is 0.159 e. The molecule has 0 saturated heterocycles. The summed E-state index contributed by atoms with van der Waals surface area (Å²) in [6.07, 6.45) is 0. The first-order chi connectivity index (χ1) is 10.0. The third kappa shape index (κ3) is 3.75. The molecule has 0 aromatic heterocycles. The van der Waals surface area contributed by atoms with Gasteiger partial charge in [-0.15, -0.1) is 0 Å². The van der Waals surface area contributed by atoms with Gasteiger partial charge in [0.1, 0.15) is 5.75 Å². The summed E-state index contributed by atoms with van der Waals surface area (Å²) >= 11 is 0. The van der Waals surface area contributed by atoms with Gasteiger partial charge >= 0.3 is 0 Å². The first-order valence-corrected chi connectivity index (χ1v) is 6.74. The SMILES string of the molecule is CC.COc1ccc(C(C)=O)cc1-c1ccc(O)c(O)c1. The molecule has 4 heteroatoms. The topological polar surface area (TPSA) is 66.8 Å². The molecule has 0 heterocycles. The van der Waals surface area contributed by atoms with E-state index in [4.69, 9.17) is 4.74 Å². The second kappa shape index (κ2) is 7.33. The molecule has 21 heavy (non-hydrogen) atoms. The first-order valence-electron chi connectivity index (χ1n) is 6.74. The Balaban J connectivity index is 0.00000106. The van der Waals surface area contributed by atoms with Crippen LogP contribution in [0.15, 0.2) is 36.4 Å². The smallest absolute Gasteiger partial charge is 0.159 e. The van der Waals surface area contributed by atoms with E-state index in [-0.39, 0.29) is 17.3 Å². The molecule has 0 aliphatic heterocycles. The normalized spacial score (nSPS) is 9.52. The Kier molecular flexibility index (Phi) is 5.79. The summed E-state index contributed by atoms with van der Waals surface area (Å²) < 4.78 is 5.25. The fourth-order valence-electron chi connectivity index (χ4n) is 1.84. The molecule has 0 radical (unpaired) electrons. The highest BCUT2D eigenvalue weighted by Crippen LogP contribution is 2.35. The van der Waals surface area contributed by atoms with Gasteiger partial charge in [-0.3, -0.25) is 4.79 Å². The van der Waals surface area contributed by atoms with Gasteiger partial charge in [-0.05, 0) is 42.8 Å². The molecule has 2 N–H and O–H groups in total. The molecule has 0 spiro atoms. The number of rotatable bonds is 3. The van der Waals surface area contributed by atoms with Gasteiger partial charge < -0.3 is 14.9 Å². The highest BCUT2D eigenvalue weighted by Gasteiger charge is 2.11. The Morgan fingerprint density at radius 2 is 1.67 bits per heavy atom. The quantitative estimate of drug-likeness (QED) is 0.661. The Hall–Kier alpha value is -2.49. The van der Waals surface area contributed by atoms with Gasteiger partial charge in [0.15, 0.2) is 17.3 Å². The number of hydrogen-bond acceptors (Lipinski definition) is 4. The van der Waals surface area contributed by atoms with Crippen molar-refractivity contribution in [2.75, 3.05) is 7.11 Å². The standard InChI is InChI=1S/C15H14O4.C2H6/c1-9(16)10-4-6-15(19-2)12(7-10)11-3-5-13(17)14(18)8-11;1-2/h3-8,17-18H,1-2H3;1-2H3. The Morgan fingerprint density at radius 3 is 2.19 bits per heavy atom. The molecule has 0 amide bonds. The predicted molar refractivity (Wildman–Crippen MR) is 83.1 cm³/mol. The van der Waals surface area contributed by atoms with E-state index in [0.29, 0.717) is 22.4 Å². The zero-order valence-electron chi connectivity index (χ0n) is 12.7. The lowest BCUT2D eigenvalue weighted by atomic mass is 10.00. The van der Waals surface area contributed by atoms with Gasteiger partial charge in [-0.1, -0.05) is 19.9 Å². The van der Waals surface area contributed by atoms with Crippen LogP contribution in [0.1, 0.15) is 31.1 Å². The highest BCUT2D eigenvalue weighted by molar-refractivity contribution is 5.96. The summed E-state index contributed by atoms with van der Waals surface area (Å²) in [4.78, 5) is 11.4. The van der Waals surface area contributed by atoms with Crippen molar-refractivity contribution < 1.29 is 19.7 Å². The third-order valence-corrected chi connectivity index (χ3v) is 2.89. The van der Waals surface area contributed by atoms with Crippen LogP contribution in [0.25, 0.3) is 11.1 Å². The monoisotopic (exact) mass is 288 g/mol. The number of hydrogen-bond donors (Lipinski definition) is 2. The van der Waals surface area contributed by atoms with E-state index in [2.05, 4.69) is 0 Å². The number of phenols is 2. The molecule has 0 aliphatic rings. The molecular formula is C17H20O4. The van der Waals surface area contributed by atoms with E-state index in [9.17, 15) is 15.0 Å². The van der Waals surface area contributed by atoms with Crippen LogP contribution in [0.5, 0.6) is 17.2 Å². The molecule has 0 fully saturated rings. The zero-order chi connectivity index (χ0) is 16.0. The molecule has 0 aliphatic carbocycles. The number of ether oxygens (including phenoxy) is 1. The van der Waals surface area contributed by atoms with E-state index in [1.807, 2.05) is 13.8 Å². The molecule has 0 saturated carbocycles. The van der Waals surface area contributed by atoms with Crippen molar-refractivity contribution >= 4 is 5.78 Å². The lowest BCUT2D eigenvalue weighted by molar-refractivity contribution is 0.101. The van der Waals surface area contributed by atoms with E-state index < -0.39 is 0 Å². The van der Waals surface area contributed by atoms with E-state index >= 15 is 0 Å². The van der Waals surface area contributed by atoms with Crippen LogP contribution in [-0.2, 0) is 0 Å². The van der Waals surface area contributed by atoms with Crippen LogP contribution >= 0.6 is 0 Å². The van der Waals surface area contributed by atoms with Gasteiger partial charge in [0.05, 0.1) is 7.11 Å². The lowest BCUT2D eigenvalue weighted by Gasteiger charge is -2.11. The van der Waals surface area contributed by atoms with Gasteiger partial charge in [0.25, 0.3) is 0 Å². The summed E-state index contributed by atoms with van der Waals surface area (Å²) in [7, 11) is 1.53. The minimum Gasteiger partial charge on any atom is -0.504 e. The number of methoxy groups -OCH3 is 1. The van der Waals surface area contributed by atoms with Crippen LogP contribution < -0.4 is 4.74 Å². The first kappa shape index (κ1) is 16.6. The van der Waals surface area contributed by atoms with Crippen molar-refractivity contribution in [3.8, 4) is 28.4 Å². The van der Waals surface area contributed by atoms with E-state index in [1.165, 1.54) is 26.2 Å². The van der Waals surface area contributed by atoms with Gasteiger partial charge in [-0.25, -0.2) is 0 Å². The average Bonchev–Trinajstić information content (AvgIpc) is 2.51. The number of phenolic OH excluding ortho intramolecular Hbond substituents is 2. The molecule has 2 aromatic carbocycles. The highest BCUT2D eigenvalue weighted by atomic mass is 16.5. The Bertz CT molecular complexity index is 633. The van der Waals surface area contributed by atoms with Crippen molar-refractivity contribution in [2.24, 2.45) is 0 Å². The molecule has 112 valence electrons. The van der Waals surface area contributed by atoms with Crippen molar-refractivity contribution in [3.05, 3.63) is 42.0 Å². The maximum atomic E-state index is 11.4. The van der Waals surface area contributed by atoms with Crippen LogP contribution in [-0.4, -0.2) is 23.1 Å². The Labute approximate surface area is 124 Å². The minimum absolute atomic E-state index is 0.0492. The largest absolute Gasteiger partial charge is 0.504 e. The zero-order valence-corrected chi connectivity index (χ0v) is 12.7. The fraction of sp³-hybridized carbons (Fsp3) is 0.235. The third-order valence-electron chi connectivity index (χ3n) is 2.89. The summed E-state index contributed by atoms with van der Waals surface area (Å²) in [5.74, 6) is 0.139. The van der Waals surface area contributed by atoms with Crippen LogP contribution in [0, 0.1) is 0 Å². The lowest BCUT2D eigenvalue weighted by Crippen LogP contribution is -1.95. The maximum absolute atomic E-state index is 11.4. The summed E-state index contributed by atoms with van der Waals surface area (Å²) in [5.41, 5.74) is 1.91. The van der Waals surface area contributed by atoms with Crippen molar-refractivity contribution in [3.63, 3.8) is 0 Å². The predicted octanol–water partition coefficient (Wildman–Crippen LogP) is 4.00. The second-order valence-corrected chi connectivity index (χ2v) is 4.17. The second-order valence-electron chi connectivity index (χ2n) is 4.17. The average molecular weight is 288 g/mol. The minimum atomic E-state index is -0.215. The molecule has 0 atom stereocenters. The summed E-state index contributed by atoms with van der Waals surface area (Å²) in [6.45, 7) is 5.49. The van der Waals surface area contributed by atoms with E-state index in [1.54, 1.807) is 24.3 Å². The number of ketones is 1. The van der Waals surface area contributed by atoms with Gasteiger partial charge in [-0.2, -0.15) is 0 Å². The van der Waals surface area contributed by atoms with Crippen molar-refractivity contribution in [2.45, 2.75) is 20.8 Å². The number of Topliss-reactive ketones (excluding diaryl/α,β-unsaturated/α-hetero) is 1. The molecule has 2 aromatic rings. The summed E-state index contributed by atoms with van der Waals surface area (Å²) in [5, 5.41) is 18.9. The number of carbonyl (C=O) groups is 1. The number of aromatic hydroxyl groups is 2. The van der Waals surface area contributed by atoms with Crippen LogP contribution in [0.3, 0.4) is 0 Å². The van der Waals surface area contributed by atoms with Gasteiger partial charge in [0.2, 0.25) is 0 Å². The molecule has 2 rings (SSSR count). The molecule has 4 nitrogen and oxygen atoms in total. The molecule has 0 unspecified atom stereocenters. The fourth-order valence-corrected chi connectivity index (χ4v) is 1.84. The Morgan fingerprint density at radius 1 is 1.00 bits per heavy atom. The molecular weight excluding hydrogens is 268 g/mol. The number of benzene rings is 2. The van der Waals surface area contributed by atoms with Crippen LogP contribution in [0.2, 0.25) is 0 Å². The van der Waals surface area contributed by atoms with Gasteiger partial charge in [0, 0.05) is 11.1 Å². The number of carbonyl (C=O) groups excluding carboxylic acids is 1.